The number of ether oxygens (including phenoxy) is 2. The molecule has 2 nitrogen and oxygen atoms in total. The molecule has 0 radical (unpaired) electrons. The van der Waals surface area contributed by atoms with Crippen molar-refractivity contribution in [3.63, 3.8) is 0 Å². The molecule has 0 amide bonds. The van der Waals surface area contributed by atoms with Gasteiger partial charge >= 0.3 is 0 Å². The second kappa shape index (κ2) is 6.61. The lowest BCUT2D eigenvalue weighted by Crippen LogP contribution is -2.07. The molecular weight excluding hydrogens is 200 g/mol. The molecule has 0 spiro atoms. The van der Waals surface area contributed by atoms with Crippen LogP contribution in [0.25, 0.3) is 0 Å². The highest BCUT2D eigenvalue weighted by atomic mass is 16.5. The molecule has 0 aromatic carbocycles. The second-order valence-corrected chi connectivity index (χ2v) is 5.73. The SMILES string of the molecule is CC(CCCC1CCOC1)CC1CCOC1. The number of hydrogen-bond acceptors (Lipinski definition) is 2. The van der Waals surface area contributed by atoms with Crippen LogP contribution in [0.4, 0.5) is 0 Å². The number of rotatable bonds is 6. The minimum absolute atomic E-state index is 0.852. The third-order valence-corrected chi connectivity index (χ3v) is 4.09. The van der Waals surface area contributed by atoms with E-state index >= 15 is 0 Å². The summed E-state index contributed by atoms with van der Waals surface area (Å²) in [5.41, 5.74) is 0. The Morgan fingerprint density at radius 1 is 1.06 bits per heavy atom. The van der Waals surface area contributed by atoms with Crippen LogP contribution in [0.1, 0.15) is 45.4 Å². The van der Waals surface area contributed by atoms with Crippen LogP contribution in [-0.4, -0.2) is 26.4 Å². The van der Waals surface area contributed by atoms with Gasteiger partial charge in [-0.1, -0.05) is 19.8 Å². The first-order chi connectivity index (χ1) is 7.84. The van der Waals surface area contributed by atoms with Gasteiger partial charge in [-0.3, -0.25) is 0 Å². The van der Waals surface area contributed by atoms with E-state index in [2.05, 4.69) is 6.92 Å². The van der Waals surface area contributed by atoms with E-state index in [9.17, 15) is 0 Å². The molecule has 0 N–H and O–H groups in total. The lowest BCUT2D eigenvalue weighted by Gasteiger charge is -2.16. The fourth-order valence-electron chi connectivity index (χ4n) is 3.02. The minimum Gasteiger partial charge on any atom is -0.381 e. The molecule has 0 bridgehead atoms. The Balaban J connectivity index is 1.51. The van der Waals surface area contributed by atoms with Gasteiger partial charge in [0.25, 0.3) is 0 Å². The highest BCUT2D eigenvalue weighted by Crippen LogP contribution is 2.26. The van der Waals surface area contributed by atoms with Crippen LogP contribution in [0.15, 0.2) is 0 Å². The predicted octanol–water partition coefficient (Wildman–Crippen LogP) is 3.26. The van der Waals surface area contributed by atoms with E-state index in [4.69, 9.17) is 9.47 Å². The van der Waals surface area contributed by atoms with E-state index in [0.717, 1.165) is 44.2 Å². The highest BCUT2D eigenvalue weighted by molar-refractivity contribution is 4.69. The van der Waals surface area contributed by atoms with Gasteiger partial charge in [0.05, 0.1) is 0 Å². The third-order valence-electron chi connectivity index (χ3n) is 4.09. The van der Waals surface area contributed by atoms with Crippen molar-refractivity contribution < 1.29 is 9.47 Å². The minimum atomic E-state index is 0.852. The fourth-order valence-corrected chi connectivity index (χ4v) is 3.02. The van der Waals surface area contributed by atoms with Crippen LogP contribution in [0.5, 0.6) is 0 Å². The van der Waals surface area contributed by atoms with Crippen LogP contribution >= 0.6 is 0 Å². The monoisotopic (exact) mass is 226 g/mol. The van der Waals surface area contributed by atoms with E-state index in [1.165, 1.54) is 38.5 Å². The van der Waals surface area contributed by atoms with Crippen molar-refractivity contribution in [2.75, 3.05) is 26.4 Å². The van der Waals surface area contributed by atoms with Gasteiger partial charge in [0.15, 0.2) is 0 Å². The van der Waals surface area contributed by atoms with Crippen molar-refractivity contribution in [3.8, 4) is 0 Å². The molecule has 2 heterocycles. The molecule has 16 heavy (non-hydrogen) atoms. The molecular formula is C14H26O2. The summed E-state index contributed by atoms with van der Waals surface area (Å²) >= 11 is 0. The second-order valence-electron chi connectivity index (χ2n) is 5.73. The van der Waals surface area contributed by atoms with Crippen molar-refractivity contribution in [2.45, 2.75) is 45.4 Å². The zero-order chi connectivity index (χ0) is 11.2. The van der Waals surface area contributed by atoms with Crippen molar-refractivity contribution in [3.05, 3.63) is 0 Å². The molecule has 2 fully saturated rings. The van der Waals surface area contributed by atoms with Gasteiger partial charge in [-0.05, 0) is 43.4 Å². The van der Waals surface area contributed by atoms with E-state index < -0.39 is 0 Å². The quantitative estimate of drug-likeness (QED) is 0.692. The van der Waals surface area contributed by atoms with E-state index in [-0.39, 0.29) is 0 Å². The van der Waals surface area contributed by atoms with Gasteiger partial charge in [-0.2, -0.15) is 0 Å². The van der Waals surface area contributed by atoms with Crippen molar-refractivity contribution in [2.24, 2.45) is 17.8 Å². The van der Waals surface area contributed by atoms with Gasteiger partial charge in [0.2, 0.25) is 0 Å². The Labute approximate surface area is 99.7 Å². The Morgan fingerprint density at radius 3 is 2.38 bits per heavy atom. The van der Waals surface area contributed by atoms with E-state index in [0.29, 0.717) is 0 Å². The van der Waals surface area contributed by atoms with Crippen molar-refractivity contribution in [1.29, 1.82) is 0 Å². The van der Waals surface area contributed by atoms with Gasteiger partial charge in [0.1, 0.15) is 0 Å². The summed E-state index contributed by atoms with van der Waals surface area (Å²) in [6.07, 6.45) is 8.13. The molecule has 0 aromatic heterocycles. The fraction of sp³-hybridized carbons (Fsp3) is 1.00. The highest BCUT2D eigenvalue weighted by Gasteiger charge is 2.19. The lowest BCUT2D eigenvalue weighted by molar-refractivity contribution is 0.178. The Kier molecular flexibility index (Phi) is 5.11. The van der Waals surface area contributed by atoms with Gasteiger partial charge in [0, 0.05) is 26.4 Å². The van der Waals surface area contributed by atoms with Crippen LogP contribution in [-0.2, 0) is 9.47 Å². The average Bonchev–Trinajstić information content (AvgIpc) is 2.90. The molecule has 2 saturated heterocycles. The number of hydrogen-bond donors (Lipinski definition) is 0. The lowest BCUT2D eigenvalue weighted by atomic mass is 9.90. The van der Waals surface area contributed by atoms with Crippen LogP contribution in [0.2, 0.25) is 0 Å². The van der Waals surface area contributed by atoms with Crippen molar-refractivity contribution >= 4 is 0 Å². The molecule has 0 aliphatic carbocycles. The van der Waals surface area contributed by atoms with Gasteiger partial charge in [-0.25, -0.2) is 0 Å². The zero-order valence-electron chi connectivity index (χ0n) is 10.6. The predicted molar refractivity (Wildman–Crippen MR) is 65.5 cm³/mol. The normalized spacial score (nSPS) is 32.1. The molecule has 0 saturated carbocycles. The van der Waals surface area contributed by atoms with Crippen LogP contribution in [0, 0.1) is 17.8 Å². The standard InChI is InChI=1S/C14H26O2/c1-12(9-14-6-8-16-11-14)3-2-4-13-5-7-15-10-13/h12-14H,2-11H2,1H3. The summed E-state index contributed by atoms with van der Waals surface area (Å²) in [6, 6.07) is 0. The Bertz CT molecular complexity index is 181. The Morgan fingerprint density at radius 2 is 1.75 bits per heavy atom. The summed E-state index contributed by atoms with van der Waals surface area (Å²) in [6.45, 7) is 6.44. The summed E-state index contributed by atoms with van der Waals surface area (Å²) in [5, 5.41) is 0. The first-order valence-electron chi connectivity index (χ1n) is 7.00. The van der Waals surface area contributed by atoms with Crippen LogP contribution in [0.3, 0.4) is 0 Å². The molecule has 0 aromatic rings. The molecule has 2 aliphatic heterocycles. The largest absolute Gasteiger partial charge is 0.381 e. The summed E-state index contributed by atoms with van der Waals surface area (Å²) in [5.74, 6) is 2.60. The molecule has 3 atom stereocenters. The smallest absolute Gasteiger partial charge is 0.0495 e. The van der Waals surface area contributed by atoms with Crippen LogP contribution < -0.4 is 0 Å². The molecule has 2 aliphatic rings. The topological polar surface area (TPSA) is 18.5 Å². The maximum absolute atomic E-state index is 5.43. The molecule has 94 valence electrons. The zero-order valence-corrected chi connectivity index (χ0v) is 10.6. The van der Waals surface area contributed by atoms with E-state index in [1.54, 1.807) is 0 Å². The van der Waals surface area contributed by atoms with Gasteiger partial charge in [-0.15, -0.1) is 0 Å². The first kappa shape index (κ1) is 12.4. The summed E-state index contributed by atoms with van der Waals surface area (Å²) in [4.78, 5) is 0. The maximum Gasteiger partial charge on any atom is 0.0495 e. The Hall–Kier alpha value is -0.0800. The average molecular weight is 226 g/mol. The first-order valence-corrected chi connectivity index (χ1v) is 7.00. The molecule has 2 rings (SSSR count). The third kappa shape index (κ3) is 4.06. The van der Waals surface area contributed by atoms with E-state index in [1.807, 2.05) is 0 Å². The molecule has 2 heteroatoms. The van der Waals surface area contributed by atoms with Crippen molar-refractivity contribution in [1.82, 2.24) is 0 Å². The maximum atomic E-state index is 5.43. The summed E-state index contributed by atoms with van der Waals surface area (Å²) < 4.78 is 10.8. The molecule has 3 unspecified atom stereocenters. The van der Waals surface area contributed by atoms with Gasteiger partial charge < -0.3 is 9.47 Å². The summed E-state index contributed by atoms with van der Waals surface area (Å²) in [7, 11) is 0.